The normalized spacial score (nSPS) is 10.5. The Kier molecular flexibility index (Phi) is 3.41. The zero-order chi connectivity index (χ0) is 11.6. The van der Waals surface area contributed by atoms with Crippen molar-refractivity contribution in [2.45, 2.75) is 6.43 Å². The number of ether oxygens (including phenoxy) is 1. The fraction of sp³-hybridized carbons (Fsp3) is 0.250. The molecule has 0 saturated carbocycles. The molecule has 1 rings (SSSR count). The zero-order valence-electron chi connectivity index (χ0n) is 7.50. The molecule has 4 nitrogen and oxygen atoms in total. The van der Waals surface area contributed by atoms with Gasteiger partial charge in [-0.05, 0) is 11.6 Å². The van der Waals surface area contributed by atoms with Crippen LogP contribution in [0.3, 0.4) is 0 Å². The van der Waals surface area contributed by atoms with Crippen molar-refractivity contribution in [1.82, 2.24) is 4.98 Å². The molecular formula is C8H6ClF2NO3. The highest BCUT2D eigenvalue weighted by molar-refractivity contribution is 6.67. The second kappa shape index (κ2) is 4.39. The third kappa shape index (κ3) is 2.33. The molecule has 1 aromatic heterocycles. The summed E-state index contributed by atoms with van der Waals surface area (Å²) in [5.74, 6) is -0.902. The Bertz CT molecular complexity index is 398. The van der Waals surface area contributed by atoms with E-state index in [-0.39, 0.29) is 5.75 Å². The Morgan fingerprint density at radius 1 is 1.67 bits per heavy atom. The lowest BCUT2D eigenvalue weighted by Gasteiger charge is -2.08. The van der Waals surface area contributed by atoms with Crippen LogP contribution in [0.4, 0.5) is 8.78 Å². The van der Waals surface area contributed by atoms with Crippen LogP contribution in [0.1, 0.15) is 22.6 Å². The number of carbonyl (C=O) groups excluding carboxylic acids is 1. The Morgan fingerprint density at radius 2 is 2.27 bits per heavy atom. The van der Waals surface area contributed by atoms with Crippen molar-refractivity contribution < 1.29 is 23.4 Å². The summed E-state index contributed by atoms with van der Waals surface area (Å²) in [4.78, 5) is 14.0. The van der Waals surface area contributed by atoms with Crippen molar-refractivity contribution in [3.63, 3.8) is 0 Å². The zero-order valence-corrected chi connectivity index (χ0v) is 8.26. The molecule has 15 heavy (non-hydrogen) atoms. The third-order valence-electron chi connectivity index (χ3n) is 1.61. The molecule has 0 atom stereocenters. The molecule has 0 aliphatic heterocycles. The molecule has 0 aliphatic rings. The number of alkyl halides is 2. The number of halogens is 3. The van der Waals surface area contributed by atoms with E-state index in [0.717, 1.165) is 6.07 Å². The number of hydrogen-bond acceptors (Lipinski definition) is 4. The highest BCUT2D eigenvalue weighted by Crippen LogP contribution is 2.31. The molecule has 1 N–H and O–H groups in total. The van der Waals surface area contributed by atoms with E-state index < -0.39 is 28.8 Å². The molecule has 0 amide bonds. The van der Waals surface area contributed by atoms with E-state index in [2.05, 4.69) is 9.72 Å². The number of carbonyl (C=O) groups is 1. The van der Waals surface area contributed by atoms with Crippen LogP contribution in [0.5, 0.6) is 11.5 Å². The Labute approximate surface area is 88.4 Å². The van der Waals surface area contributed by atoms with Crippen LogP contribution in [0.15, 0.2) is 6.07 Å². The Hall–Kier alpha value is -1.43. The first-order valence-corrected chi connectivity index (χ1v) is 4.11. The van der Waals surface area contributed by atoms with Crippen LogP contribution in [-0.4, -0.2) is 22.4 Å². The van der Waals surface area contributed by atoms with Gasteiger partial charge in [0.05, 0.1) is 7.11 Å². The minimum atomic E-state index is -2.99. The quantitative estimate of drug-likeness (QED) is 0.818. The molecule has 1 aromatic rings. The maximum atomic E-state index is 12.3. The molecule has 82 valence electrons. The average Bonchev–Trinajstić information content (AvgIpc) is 2.16. The minimum Gasteiger partial charge on any atom is -0.506 e. The summed E-state index contributed by atoms with van der Waals surface area (Å²) in [7, 11) is 1.20. The number of methoxy groups -OCH3 is 1. The van der Waals surface area contributed by atoms with E-state index in [1.165, 1.54) is 7.11 Å². The molecule has 0 aliphatic carbocycles. The second-order valence-electron chi connectivity index (χ2n) is 2.52. The van der Waals surface area contributed by atoms with Crippen LogP contribution in [0, 0.1) is 0 Å². The van der Waals surface area contributed by atoms with Gasteiger partial charge in [-0.1, -0.05) is 0 Å². The van der Waals surface area contributed by atoms with Gasteiger partial charge in [-0.2, -0.15) is 0 Å². The lowest BCUT2D eigenvalue weighted by Crippen LogP contribution is -2.03. The monoisotopic (exact) mass is 237 g/mol. The smallest absolute Gasteiger partial charge is 0.284 e. The standard InChI is InChI=1S/C8H6ClF2NO3/c1-15-4-2-3(13)5(8(10)11)12-6(4)7(9)14/h2,8,13H,1H3. The van der Waals surface area contributed by atoms with E-state index >= 15 is 0 Å². The van der Waals surface area contributed by atoms with E-state index in [4.69, 9.17) is 16.7 Å². The van der Waals surface area contributed by atoms with Crippen molar-refractivity contribution in [1.29, 1.82) is 0 Å². The number of nitrogens with zero attached hydrogens (tertiary/aromatic N) is 1. The van der Waals surface area contributed by atoms with Crippen molar-refractivity contribution in [2.75, 3.05) is 7.11 Å². The van der Waals surface area contributed by atoms with Gasteiger partial charge in [0.1, 0.15) is 11.4 Å². The highest BCUT2D eigenvalue weighted by atomic mass is 35.5. The molecule has 0 radical (unpaired) electrons. The van der Waals surface area contributed by atoms with Crippen LogP contribution in [-0.2, 0) is 0 Å². The van der Waals surface area contributed by atoms with Gasteiger partial charge in [-0.3, -0.25) is 4.79 Å². The van der Waals surface area contributed by atoms with Crippen LogP contribution < -0.4 is 4.74 Å². The van der Waals surface area contributed by atoms with Gasteiger partial charge in [0.15, 0.2) is 11.4 Å². The molecule has 0 fully saturated rings. The summed E-state index contributed by atoms with van der Waals surface area (Å²) < 4.78 is 29.2. The summed E-state index contributed by atoms with van der Waals surface area (Å²) in [5.41, 5.74) is -1.35. The van der Waals surface area contributed by atoms with Crippen LogP contribution >= 0.6 is 11.6 Å². The lowest BCUT2D eigenvalue weighted by molar-refractivity contribution is 0.107. The molecule has 1 heterocycles. The largest absolute Gasteiger partial charge is 0.506 e. The number of pyridine rings is 1. The number of rotatable bonds is 3. The van der Waals surface area contributed by atoms with Crippen LogP contribution in [0.25, 0.3) is 0 Å². The van der Waals surface area contributed by atoms with E-state index in [0.29, 0.717) is 0 Å². The number of hydrogen-bond donors (Lipinski definition) is 1. The Morgan fingerprint density at radius 3 is 2.67 bits per heavy atom. The van der Waals surface area contributed by atoms with E-state index in [1.54, 1.807) is 0 Å². The van der Waals surface area contributed by atoms with Crippen molar-refractivity contribution >= 4 is 16.8 Å². The van der Waals surface area contributed by atoms with Gasteiger partial charge >= 0.3 is 0 Å². The molecule has 0 saturated heterocycles. The van der Waals surface area contributed by atoms with Crippen molar-refractivity contribution in [3.8, 4) is 11.5 Å². The summed E-state index contributed by atoms with van der Waals surface area (Å²) in [6.45, 7) is 0. The average molecular weight is 238 g/mol. The van der Waals surface area contributed by atoms with Gasteiger partial charge in [0.25, 0.3) is 11.7 Å². The van der Waals surface area contributed by atoms with Crippen molar-refractivity contribution in [3.05, 3.63) is 17.5 Å². The van der Waals surface area contributed by atoms with Gasteiger partial charge in [0.2, 0.25) is 0 Å². The molecule has 0 spiro atoms. The van der Waals surface area contributed by atoms with Gasteiger partial charge in [-0.15, -0.1) is 0 Å². The predicted molar refractivity (Wildman–Crippen MR) is 47.6 cm³/mol. The topological polar surface area (TPSA) is 59.4 Å². The summed E-state index contributed by atoms with van der Waals surface area (Å²) in [6, 6.07) is 0.865. The van der Waals surface area contributed by atoms with Crippen molar-refractivity contribution in [2.24, 2.45) is 0 Å². The fourth-order valence-corrected chi connectivity index (χ4v) is 1.09. The lowest BCUT2D eigenvalue weighted by atomic mass is 10.2. The SMILES string of the molecule is COc1cc(O)c(C(F)F)nc1C(=O)Cl. The fourth-order valence-electron chi connectivity index (χ4n) is 0.956. The first-order chi connectivity index (χ1) is 6.97. The maximum absolute atomic E-state index is 12.3. The second-order valence-corrected chi connectivity index (χ2v) is 2.86. The number of aromatic hydroxyl groups is 1. The van der Waals surface area contributed by atoms with E-state index in [9.17, 15) is 13.6 Å². The molecular weight excluding hydrogens is 232 g/mol. The van der Waals surface area contributed by atoms with Crippen LogP contribution in [0.2, 0.25) is 0 Å². The van der Waals surface area contributed by atoms with E-state index in [1.807, 2.05) is 0 Å². The first-order valence-electron chi connectivity index (χ1n) is 3.73. The minimum absolute atomic E-state index is 0.156. The molecule has 0 aromatic carbocycles. The maximum Gasteiger partial charge on any atom is 0.284 e. The summed E-state index contributed by atoms with van der Waals surface area (Å²) in [6.07, 6.45) is -2.99. The molecule has 0 unspecified atom stereocenters. The third-order valence-corrected chi connectivity index (χ3v) is 1.79. The van der Waals surface area contributed by atoms with Gasteiger partial charge in [-0.25, -0.2) is 13.8 Å². The summed E-state index contributed by atoms with van der Waals surface area (Å²) in [5, 5.41) is 8.09. The van der Waals surface area contributed by atoms with Gasteiger partial charge in [0, 0.05) is 6.07 Å². The molecule has 0 bridgehead atoms. The Balaban J connectivity index is 3.37. The molecule has 7 heteroatoms. The predicted octanol–water partition coefficient (Wildman–Crippen LogP) is 2.11. The highest BCUT2D eigenvalue weighted by Gasteiger charge is 2.21. The number of aromatic nitrogens is 1. The first kappa shape index (κ1) is 11.6. The van der Waals surface area contributed by atoms with Gasteiger partial charge < -0.3 is 9.84 Å². The summed E-state index contributed by atoms with van der Waals surface area (Å²) >= 11 is 5.11.